The van der Waals surface area contributed by atoms with Gasteiger partial charge in [-0.15, -0.1) is 11.8 Å². The summed E-state index contributed by atoms with van der Waals surface area (Å²) in [6, 6.07) is 12.2. The van der Waals surface area contributed by atoms with Crippen molar-refractivity contribution in [2.75, 3.05) is 25.8 Å². The SMILES string of the molecule is COc1cc2c(cc1OC)[C@H](c1ccc(SC)cc1)CC(=O)N2. The lowest BCUT2D eigenvalue weighted by Gasteiger charge is -2.27. The monoisotopic (exact) mass is 329 g/mol. The highest BCUT2D eigenvalue weighted by atomic mass is 32.2. The number of amides is 1. The van der Waals surface area contributed by atoms with Gasteiger partial charge in [0, 0.05) is 29.0 Å². The Balaban J connectivity index is 2.07. The van der Waals surface area contributed by atoms with E-state index < -0.39 is 0 Å². The molecule has 23 heavy (non-hydrogen) atoms. The van der Waals surface area contributed by atoms with Crippen LogP contribution >= 0.6 is 11.8 Å². The molecule has 1 N–H and O–H groups in total. The second-order valence-corrected chi connectivity index (χ2v) is 6.25. The van der Waals surface area contributed by atoms with E-state index in [9.17, 15) is 4.79 Å². The Kier molecular flexibility index (Phi) is 4.48. The molecule has 0 aliphatic carbocycles. The molecule has 5 heteroatoms. The summed E-state index contributed by atoms with van der Waals surface area (Å²) in [7, 11) is 3.21. The molecular formula is C18H19NO3S. The maximum Gasteiger partial charge on any atom is 0.225 e. The van der Waals surface area contributed by atoms with E-state index in [1.165, 1.54) is 4.90 Å². The summed E-state index contributed by atoms with van der Waals surface area (Å²) >= 11 is 1.71. The number of hydrogen-bond acceptors (Lipinski definition) is 4. The van der Waals surface area contributed by atoms with Crippen molar-refractivity contribution in [2.24, 2.45) is 0 Å². The molecule has 0 unspecified atom stereocenters. The predicted octanol–water partition coefficient (Wildman–Crippen LogP) is 3.90. The Labute approximate surface area is 140 Å². The zero-order chi connectivity index (χ0) is 16.4. The summed E-state index contributed by atoms with van der Waals surface area (Å²) in [5, 5.41) is 2.93. The molecule has 3 rings (SSSR count). The number of nitrogens with one attached hydrogen (secondary N) is 1. The van der Waals surface area contributed by atoms with Crippen molar-refractivity contribution in [2.45, 2.75) is 17.2 Å². The number of carbonyl (C=O) groups is 1. The molecule has 1 heterocycles. The molecule has 0 aromatic heterocycles. The lowest BCUT2D eigenvalue weighted by molar-refractivity contribution is -0.116. The fourth-order valence-electron chi connectivity index (χ4n) is 2.92. The quantitative estimate of drug-likeness (QED) is 0.864. The summed E-state index contributed by atoms with van der Waals surface area (Å²) in [6.45, 7) is 0. The minimum atomic E-state index is 0.0173. The summed E-state index contributed by atoms with van der Waals surface area (Å²) in [4.78, 5) is 13.3. The zero-order valence-corrected chi connectivity index (χ0v) is 14.2. The van der Waals surface area contributed by atoms with Crippen LogP contribution in [0.5, 0.6) is 11.5 Å². The number of rotatable bonds is 4. The smallest absolute Gasteiger partial charge is 0.225 e. The molecular weight excluding hydrogens is 310 g/mol. The van der Waals surface area contributed by atoms with E-state index in [0.717, 1.165) is 16.8 Å². The largest absolute Gasteiger partial charge is 0.493 e. The van der Waals surface area contributed by atoms with Gasteiger partial charge >= 0.3 is 0 Å². The van der Waals surface area contributed by atoms with Crippen LogP contribution < -0.4 is 14.8 Å². The summed E-state index contributed by atoms with van der Waals surface area (Å²) in [6.07, 6.45) is 2.48. The highest BCUT2D eigenvalue weighted by Crippen LogP contribution is 2.43. The van der Waals surface area contributed by atoms with Gasteiger partial charge in [0.05, 0.1) is 14.2 Å². The third-order valence-electron chi connectivity index (χ3n) is 4.11. The van der Waals surface area contributed by atoms with Crippen molar-refractivity contribution >= 4 is 23.4 Å². The minimum Gasteiger partial charge on any atom is -0.493 e. The van der Waals surface area contributed by atoms with Crippen LogP contribution in [-0.2, 0) is 4.79 Å². The molecule has 0 bridgehead atoms. The third kappa shape index (κ3) is 3.01. The topological polar surface area (TPSA) is 47.6 Å². The fraction of sp³-hybridized carbons (Fsp3) is 0.278. The van der Waals surface area contributed by atoms with E-state index in [0.29, 0.717) is 17.9 Å². The Hall–Kier alpha value is -2.14. The maximum absolute atomic E-state index is 12.1. The highest BCUT2D eigenvalue weighted by Gasteiger charge is 2.28. The summed E-state index contributed by atoms with van der Waals surface area (Å²) < 4.78 is 10.7. The van der Waals surface area contributed by atoms with Gasteiger partial charge in [-0.05, 0) is 35.6 Å². The van der Waals surface area contributed by atoms with E-state index in [1.54, 1.807) is 26.0 Å². The van der Waals surface area contributed by atoms with E-state index >= 15 is 0 Å². The number of benzene rings is 2. The maximum atomic E-state index is 12.1. The van der Waals surface area contributed by atoms with E-state index in [4.69, 9.17) is 9.47 Å². The average Bonchev–Trinajstić information content (AvgIpc) is 2.59. The normalized spacial score (nSPS) is 16.5. The number of hydrogen-bond donors (Lipinski definition) is 1. The molecule has 0 saturated heterocycles. The lowest BCUT2D eigenvalue weighted by Crippen LogP contribution is -2.23. The molecule has 0 fully saturated rings. The first-order valence-corrected chi connectivity index (χ1v) is 8.58. The van der Waals surface area contributed by atoms with Crippen LogP contribution in [0.3, 0.4) is 0 Å². The molecule has 2 aromatic rings. The van der Waals surface area contributed by atoms with Crippen molar-refractivity contribution in [3.63, 3.8) is 0 Å². The second kappa shape index (κ2) is 6.54. The van der Waals surface area contributed by atoms with Crippen molar-refractivity contribution in [1.82, 2.24) is 0 Å². The molecule has 4 nitrogen and oxygen atoms in total. The molecule has 0 saturated carbocycles. The zero-order valence-electron chi connectivity index (χ0n) is 13.4. The van der Waals surface area contributed by atoms with Gasteiger partial charge in [0.15, 0.2) is 11.5 Å². The molecule has 2 aromatic carbocycles. The van der Waals surface area contributed by atoms with Crippen molar-refractivity contribution in [3.05, 3.63) is 47.5 Å². The molecule has 120 valence electrons. The first kappa shape index (κ1) is 15.7. The van der Waals surface area contributed by atoms with E-state index in [-0.39, 0.29) is 11.8 Å². The Bertz CT molecular complexity index is 728. The van der Waals surface area contributed by atoms with Gasteiger partial charge in [-0.25, -0.2) is 0 Å². The van der Waals surface area contributed by atoms with Gasteiger partial charge in [-0.2, -0.15) is 0 Å². The molecule has 0 radical (unpaired) electrons. The average molecular weight is 329 g/mol. The summed E-state index contributed by atoms with van der Waals surface area (Å²) in [5.41, 5.74) is 2.98. The van der Waals surface area contributed by atoms with E-state index in [1.807, 2.05) is 12.1 Å². The van der Waals surface area contributed by atoms with Crippen LogP contribution in [0.15, 0.2) is 41.3 Å². The van der Waals surface area contributed by atoms with Crippen LogP contribution in [0.25, 0.3) is 0 Å². The number of thioether (sulfide) groups is 1. The molecule has 0 spiro atoms. The highest BCUT2D eigenvalue weighted by molar-refractivity contribution is 7.98. The standard InChI is InChI=1S/C18H19NO3S/c1-21-16-8-14-13(11-4-6-12(23-3)7-5-11)9-18(20)19-15(14)10-17(16)22-2/h4-8,10,13H,9H2,1-3H3,(H,19,20)/t13-/m0/s1. The number of carbonyl (C=O) groups excluding carboxylic acids is 1. The summed E-state index contributed by atoms with van der Waals surface area (Å²) in [5.74, 6) is 1.33. The number of ether oxygens (including phenoxy) is 2. The number of fused-ring (bicyclic) bond motifs is 1. The lowest BCUT2D eigenvalue weighted by atomic mass is 9.84. The Morgan fingerprint density at radius 1 is 1.09 bits per heavy atom. The van der Waals surface area contributed by atoms with Gasteiger partial charge in [0.25, 0.3) is 0 Å². The Morgan fingerprint density at radius 2 is 1.74 bits per heavy atom. The van der Waals surface area contributed by atoms with Crippen LogP contribution in [-0.4, -0.2) is 26.4 Å². The first-order valence-electron chi connectivity index (χ1n) is 7.36. The van der Waals surface area contributed by atoms with Gasteiger partial charge in [0.1, 0.15) is 0 Å². The predicted molar refractivity (Wildman–Crippen MR) is 92.9 cm³/mol. The van der Waals surface area contributed by atoms with E-state index in [2.05, 4.69) is 35.8 Å². The van der Waals surface area contributed by atoms with Crippen molar-refractivity contribution < 1.29 is 14.3 Å². The number of methoxy groups -OCH3 is 2. The van der Waals surface area contributed by atoms with Gasteiger partial charge in [0.2, 0.25) is 5.91 Å². The molecule has 1 atom stereocenters. The van der Waals surface area contributed by atoms with Crippen LogP contribution in [0, 0.1) is 0 Å². The molecule has 1 amide bonds. The second-order valence-electron chi connectivity index (χ2n) is 5.37. The van der Waals surface area contributed by atoms with Crippen molar-refractivity contribution in [3.8, 4) is 11.5 Å². The minimum absolute atomic E-state index is 0.0173. The Morgan fingerprint density at radius 3 is 2.35 bits per heavy atom. The van der Waals surface area contributed by atoms with Crippen LogP contribution in [0.2, 0.25) is 0 Å². The van der Waals surface area contributed by atoms with Gasteiger partial charge in [-0.1, -0.05) is 12.1 Å². The number of anilines is 1. The third-order valence-corrected chi connectivity index (χ3v) is 4.86. The molecule has 1 aliphatic heterocycles. The fourth-order valence-corrected chi connectivity index (χ4v) is 3.33. The van der Waals surface area contributed by atoms with Gasteiger partial charge in [-0.3, -0.25) is 4.79 Å². The van der Waals surface area contributed by atoms with Crippen molar-refractivity contribution in [1.29, 1.82) is 0 Å². The first-order chi connectivity index (χ1) is 11.2. The van der Waals surface area contributed by atoms with Crippen LogP contribution in [0.4, 0.5) is 5.69 Å². The molecule has 1 aliphatic rings. The van der Waals surface area contributed by atoms with Gasteiger partial charge < -0.3 is 14.8 Å². The van der Waals surface area contributed by atoms with Crippen LogP contribution in [0.1, 0.15) is 23.5 Å².